The van der Waals surface area contributed by atoms with Crippen LogP contribution in [0.25, 0.3) is 22.3 Å². The van der Waals surface area contributed by atoms with E-state index in [1.165, 1.54) is 18.9 Å². The maximum atomic E-state index is 13.6. The number of anilines is 1. The lowest BCUT2D eigenvalue weighted by molar-refractivity contribution is -0.143. The Bertz CT molecular complexity index is 1910. The number of thiophene rings is 1. The third-order valence-corrected chi connectivity index (χ3v) is 9.89. The molecule has 2 aliphatic rings. The molecule has 4 heterocycles. The van der Waals surface area contributed by atoms with Gasteiger partial charge in [-0.2, -0.15) is 26.3 Å². The molecule has 0 radical (unpaired) electrons. The smallest absolute Gasteiger partial charge is 0.416 e. The Hall–Kier alpha value is -4.79. The Labute approximate surface area is 280 Å². The SMILES string of the molecule is COc1ccc(-c2csc(C(=O)O)c2C)cc1-c1ccc(N2CCC2)nc1CN1C(=O)O[C@H](c2cc(C(F)(F)F)cc(C(F)(F)F)c2)[C@@H]1C. The minimum atomic E-state index is -5.07. The van der Waals surface area contributed by atoms with E-state index in [0.717, 1.165) is 30.8 Å². The molecule has 2 atom stereocenters. The van der Waals surface area contributed by atoms with Crippen molar-refractivity contribution in [2.75, 3.05) is 25.1 Å². The standard InChI is InChI=1S/C34H29F6N3O5S/c1-17-25(16-49-30(17)31(44)45)19-5-7-27(47-3)24(13-19)23-6-8-28(42-9-4-10-42)41-26(23)15-43-18(2)29(48-32(43)46)20-11-21(33(35,36)37)14-22(12-20)34(38,39)40/h5-8,11-14,16,18,29H,4,9-10,15H2,1-3H3,(H,44,45)/t18-,29-/m0/s1. The van der Waals surface area contributed by atoms with E-state index in [9.17, 15) is 41.0 Å². The largest absolute Gasteiger partial charge is 0.496 e. The summed E-state index contributed by atoms with van der Waals surface area (Å²) in [4.78, 5) is 33.3. The normalized spacial score (nSPS) is 18.0. The van der Waals surface area contributed by atoms with Gasteiger partial charge in [-0.05, 0) is 90.4 Å². The molecule has 0 saturated carbocycles. The highest BCUT2D eigenvalue weighted by Gasteiger charge is 2.43. The fraction of sp³-hybridized carbons (Fsp3) is 0.324. The van der Waals surface area contributed by atoms with Crippen molar-refractivity contribution in [3.63, 3.8) is 0 Å². The van der Waals surface area contributed by atoms with Gasteiger partial charge in [-0.25, -0.2) is 14.6 Å². The third kappa shape index (κ3) is 6.51. The van der Waals surface area contributed by atoms with E-state index in [1.807, 2.05) is 23.1 Å². The first-order valence-electron chi connectivity index (χ1n) is 15.1. The van der Waals surface area contributed by atoms with Crippen LogP contribution in [0.5, 0.6) is 5.75 Å². The number of ether oxygens (including phenoxy) is 2. The molecule has 258 valence electrons. The van der Waals surface area contributed by atoms with E-state index in [2.05, 4.69) is 0 Å². The molecule has 1 N–H and O–H groups in total. The molecule has 2 fully saturated rings. The Kier molecular flexibility index (Phi) is 8.76. The minimum absolute atomic E-state index is 0.0295. The molecule has 8 nitrogen and oxygen atoms in total. The van der Waals surface area contributed by atoms with Crippen LogP contribution in [0.1, 0.15) is 57.1 Å². The number of amides is 1. The van der Waals surface area contributed by atoms with Gasteiger partial charge in [0.15, 0.2) is 0 Å². The second-order valence-corrected chi connectivity index (χ2v) is 12.7. The van der Waals surface area contributed by atoms with Gasteiger partial charge in [0.05, 0.1) is 36.5 Å². The topological polar surface area (TPSA) is 92.2 Å². The first-order chi connectivity index (χ1) is 23.1. The van der Waals surface area contributed by atoms with Crippen molar-refractivity contribution in [1.82, 2.24) is 9.88 Å². The number of carboxylic acids is 1. The average molecular weight is 706 g/mol. The summed E-state index contributed by atoms with van der Waals surface area (Å²) in [6.45, 7) is 4.53. The summed E-state index contributed by atoms with van der Waals surface area (Å²) in [7, 11) is 1.48. The molecule has 2 aromatic carbocycles. The summed E-state index contributed by atoms with van der Waals surface area (Å²) in [5.74, 6) is 0.0398. The minimum Gasteiger partial charge on any atom is -0.496 e. The lowest BCUT2D eigenvalue weighted by Crippen LogP contribution is -2.38. The molecule has 6 rings (SSSR count). The Morgan fingerprint density at radius 2 is 1.67 bits per heavy atom. The van der Waals surface area contributed by atoms with E-state index < -0.39 is 53.3 Å². The van der Waals surface area contributed by atoms with Crippen LogP contribution in [-0.4, -0.2) is 53.3 Å². The van der Waals surface area contributed by atoms with Gasteiger partial charge < -0.3 is 19.5 Å². The molecule has 0 bridgehead atoms. The molecule has 49 heavy (non-hydrogen) atoms. The van der Waals surface area contributed by atoms with Gasteiger partial charge >= 0.3 is 24.4 Å². The highest BCUT2D eigenvalue weighted by atomic mass is 32.1. The average Bonchev–Trinajstić information content (AvgIpc) is 3.53. The molecule has 1 amide bonds. The van der Waals surface area contributed by atoms with Crippen molar-refractivity contribution in [2.24, 2.45) is 0 Å². The zero-order valence-electron chi connectivity index (χ0n) is 26.3. The van der Waals surface area contributed by atoms with Crippen LogP contribution in [0.15, 0.2) is 53.9 Å². The number of benzene rings is 2. The van der Waals surface area contributed by atoms with Crippen molar-refractivity contribution >= 4 is 29.2 Å². The number of halogens is 6. The second-order valence-electron chi connectivity index (χ2n) is 11.8. The number of carboxylic acid groups (broad SMARTS) is 1. The highest BCUT2D eigenvalue weighted by molar-refractivity contribution is 7.12. The zero-order valence-corrected chi connectivity index (χ0v) is 27.1. The first-order valence-corrected chi connectivity index (χ1v) is 16.0. The number of pyridine rings is 1. The van der Waals surface area contributed by atoms with Crippen LogP contribution in [-0.2, 0) is 23.6 Å². The third-order valence-electron chi connectivity index (χ3n) is 8.82. The van der Waals surface area contributed by atoms with E-state index in [0.29, 0.717) is 57.2 Å². The summed E-state index contributed by atoms with van der Waals surface area (Å²) >= 11 is 1.10. The molecular formula is C34H29F6N3O5S. The monoisotopic (exact) mass is 705 g/mol. The zero-order chi connectivity index (χ0) is 35.4. The van der Waals surface area contributed by atoms with Crippen LogP contribution in [0.3, 0.4) is 0 Å². The number of carbonyl (C=O) groups excluding carboxylic acids is 1. The predicted octanol–water partition coefficient (Wildman–Crippen LogP) is 8.82. The van der Waals surface area contributed by atoms with Crippen molar-refractivity contribution in [1.29, 1.82) is 0 Å². The molecule has 2 saturated heterocycles. The summed E-state index contributed by atoms with van der Waals surface area (Å²) in [6.07, 6.45) is -11.5. The van der Waals surface area contributed by atoms with Gasteiger partial charge in [0, 0.05) is 24.2 Å². The van der Waals surface area contributed by atoms with Crippen LogP contribution >= 0.6 is 11.3 Å². The lowest BCUT2D eigenvalue weighted by Gasteiger charge is -2.33. The molecule has 15 heteroatoms. The van der Waals surface area contributed by atoms with Crippen LogP contribution < -0.4 is 9.64 Å². The number of hydrogen-bond acceptors (Lipinski definition) is 7. The lowest BCUT2D eigenvalue weighted by atomic mass is 9.95. The number of hydrogen-bond donors (Lipinski definition) is 1. The predicted molar refractivity (Wildman–Crippen MR) is 169 cm³/mol. The number of alkyl halides is 6. The number of nitrogens with zero attached hydrogens (tertiary/aromatic N) is 3. The van der Waals surface area contributed by atoms with Crippen molar-refractivity contribution < 1.29 is 50.5 Å². The highest BCUT2D eigenvalue weighted by Crippen LogP contribution is 2.43. The van der Waals surface area contributed by atoms with E-state index in [-0.39, 0.29) is 17.5 Å². The van der Waals surface area contributed by atoms with Gasteiger partial charge in [0.2, 0.25) is 0 Å². The maximum Gasteiger partial charge on any atom is 0.416 e. The fourth-order valence-electron chi connectivity index (χ4n) is 6.04. The van der Waals surface area contributed by atoms with E-state index in [1.54, 1.807) is 24.4 Å². The van der Waals surface area contributed by atoms with Gasteiger partial charge in [-0.3, -0.25) is 4.90 Å². The summed E-state index contributed by atoms with van der Waals surface area (Å²) < 4.78 is 92.9. The number of aromatic nitrogens is 1. The summed E-state index contributed by atoms with van der Waals surface area (Å²) in [5, 5.41) is 11.3. The van der Waals surface area contributed by atoms with Gasteiger partial charge in [0.25, 0.3) is 0 Å². The van der Waals surface area contributed by atoms with Gasteiger partial charge in [-0.1, -0.05) is 6.07 Å². The molecular weight excluding hydrogens is 676 g/mol. The van der Waals surface area contributed by atoms with Crippen LogP contribution in [0.4, 0.5) is 37.0 Å². The Morgan fingerprint density at radius 1 is 1.00 bits per heavy atom. The first kappa shape index (κ1) is 34.1. The van der Waals surface area contributed by atoms with Crippen molar-refractivity contribution in [3.8, 4) is 28.0 Å². The number of aromatic carboxylic acids is 1. The van der Waals surface area contributed by atoms with Crippen LogP contribution in [0.2, 0.25) is 0 Å². The number of methoxy groups -OCH3 is 1. The van der Waals surface area contributed by atoms with Crippen LogP contribution in [0, 0.1) is 6.92 Å². The van der Waals surface area contributed by atoms with Crippen molar-refractivity contribution in [2.45, 2.75) is 51.3 Å². The summed E-state index contributed by atoms with van der Waals surface area (Å²) in [6, 6.07) is 9.16. The Morgan fingerprint density at radius 3 is 2.22 bits per heavy atom. The molecule has 2 aromatic heterocycles. The molecule has 0 spiro atoms. The van der Waals surface area contributed by atoms with Gasteiger partial charge in [-0.15, -0.1) is 11.3 Å². The molecule has 0 unspecified atom stereocenters. The summed E-state index contributed by atoms with van der Waals surface area (Å²) in [5.41, 5.74) is 0.0588. The molecule has 4 aromatic rings. The van der Waals surface area contributed by atoms with E-state index in [4.69, 9.17) is 14.5 Å². The molecule has 0 aliphatic carbocycles. The van der Waals surface area contributed by atoms with Crippen molar-refractivity contribution in [3.05, 3.63) is 86.7 Å². The number of carbonyl (C=O) groups is 2. The second kappa shape index (κ2) is 12.6. The number of rotatable bonds is 8. The maximum absolute atomic E-state index is 13.6. The quantitative estimate of drug-likeness (QED) is 0.183. The number of cyclic esters (lactones) is 1. The Balaban J connectivity index is 1.41. The van der Waals surface area contributed by atoms with Gasteiger partial charge in [0.1, 0.15) is 22.5 Å². The molecule has 2 aliphatic heterocycles. The fourth-order valence-corrected chi connectivity index (χ4v) is 6.98. The van der Waals surface area contributed by atoms with E-state index >= 15 is 0 Å².